The number of amides is 1. The Labute approximate surface area is 134 Å². The molecular weight excluding hydrogens is 323 g/mol. The van der Waals surface area contributed by atoms with Crippen molar-refractivity contribution in [1.82, 2.24) is 9.47 Å². The highest BCUT2D eigenvalue weighted by atomic mass is 32.2. The van der Waals surface area contributed by atoms with Crippen LogP contribution in [0.15, 0.2) is 23.1 Å². The molecule has 1 aliphatic heterocycles. The second-order valence-electron chi connectivity index (χ2n) is 6.31. The molecule has 0 N–H and O–H groups in total. The Bertz CT molecular complexity index is 742. The molecule has 0 radical (unpaired) electrons. The molecule has 1 fully saturated rings. The molecular formula is C15H21FN2O4S. The topological polar surface area (TPSA) is 76.5 Å². The zero-order valence-electron chi connectivity index (χ0n) is 13.2. The molecule has 1 unspecified atom stereocenters. The van der Waals surface area contributed by atoms with Crippen molar-refractivity contribution < 1.29 is 17.6 Å². The number of halogens is 1. The van der Waals surface area contributed by atoms with Crippen LogP contribution in [0.4, 0.5) is 4.39 Å². The third-order valence-electron chi connectivity index (χ3n) is 3.78. The fourth-order valence-electron chi connectivity index (χ4n) is 2.73. The van der Waals surface area contributed by atoms with E-state index in [2.05, 4.69) is 0 Å². The summed E-state index contributed by atoms with van der Waals surface area (Å²) in [4.78, 5) is 25.8. The van der Waals surface area contributed by atoms with Crippen molar-refractivity contribution in [2.45, 2.75) is 32.9 Å². The van der Waals surface area contributed by atoms with Crippen LogP contribution < -0.4 is 5.56 Å². The number of hydrogen-bond donors (Lipinski definition) is 0. The smallest absolute Gasteiger partial charge is 0.251 e. The van der Waals surface area contributed by atoms with Gasteiger partial charge in [0.05, 0.1) is 11.5 Å². The Hall–Kier alpha value is -1.70. The second kappa shape index (κ2) is 6.82. The van der Waals surface area contributed by atoms with Gasteiger partial charge in [-0.2, -0.15) is 0 Å². The average molecular weight is 344 g/mol. The molecule has 2 rings (SSSR count). The molecule has 0 bridgehead atoms. The van der Waals surface area contributed by atoms with Gasteiger partial charge in [-0.25, -0.2) is 12.8 Å². The van der Waals surface area contributed by atoms with E-state index < -0.39 is 21.2 Å². The van der Waals surface area contributed by atoms with Crippen LogP contribution in [0.1, 0.15) is 20.3 Å². The Morgan fingerprint density at radius 2 is 2.13 bits per heavy atom. The summed E-state index contributed by atoms with van der Waals surface area (Å²) in [6, 6.07) is 1.73. The zero-order chi connectivity index (χ0) is 17.2. The van der Waals surface area contributed by atoms with E-state index in [-0.39, 0.29) is 35.9 Å². The van der Waals surface area contributed by atoms with Crippen LogP contribution in [0.2, 0.25) is 0 Å². The minimum Gasteiger partial charge on any atom is -0.337 e. The fraction of sp³-hybridized carbons (Fsp3) is 0.600. The summed E-state index contributed by atoms with van der Waals surface area (Å²) in [5.41, 5.74) is -0.469. The predicted octanol–water partition coefficient (Wildman–Crippen LogP) is 0.659. The maximum atomic E-state index is 13.2. The maximum Gasteiger partial charge on any atom is 0.251 e. The first-order chi connectivity index (χ1) is 10.7. The largest absolute Gasteiger partial charge is 0.337 e. The number of carbonyl (C=O) groups excluding carboxylic acids is 1. The number of aromatic nitrogens is 1. The van der Waals surface area contributed by atoms with Gasteiger partial charge in [-0.1, -0.05) is 13.8 Å². The van der Waals surface area contributed by atoms with E-state index in [4.69, 9.17) is 0 Å². The van der Waals surface area contributed by atoms with Crippen molar-refractivity contribution in [3.63, 3.8) is 0 Å². The number of rotatable bonds is 5. The summed E-state index contributed by atoms with van der Waals surface area (Å²) in [7, 11) is -3.12. The van der Waals surface area contributed by atoms with Crippen LogP contribution in [0, 0.1) is 11.7 Å². The summed E-state index contributed by atoms with van der Waals surface area (Å²) < 4.78 is 37.6. The molecule has 0 aliphatic carbocycles. The highest BCUT2D eigenvalue weighted by Gasteiger charge is 2.34. The monoisotopic (exact) mass is 344 g/mol. The lowest BCUT2D eigenvalue weighted by Gasteiger charge is -2.30. The molecule has 23 heavy (non-hydrogen) atoms. The second-order valence-corrected chi connectivity index (χ2v) is 8.54. The Balaban J connectivity index is 2.20. The number of sulfone groups is 1. The van der Waals surface area contributed by atoms with Crippen molar-refractivity contribution in [3.05, 3.63) is 34.5 Å². The van der Waals surface area contributed by atoms with Crippen LogP contribution in [0.25, 0.3) is 0 Å². The van der Waals surface area contributed by atoms with E-state index in [9.17, 15) is 22.4 Å². The first kappa shape index (κ1) is 17.7. The van der Waals surface area contributed by atoms with Crippen molar-refractivity contribution in [2.75, 3.05) is 18.1 Å². The van der Waals surface area contributed by atoms with Crippen LogP contribution in [-0.4, -0.2) is 47.9 Å². The SMILES string of the molecule is CC(C)CN(C(=O)Cn1cc(F)ccc1=O)C1CCS(=O)(=O)C1. The number of pyridine rings is 1. The fourth-order valence-corrected chi connectivity index (χ4v) is 4.46. The van der Waals surface area contributed by atoms with Gasteiger partial charge in [0.1, 0.15) is 12.4 Å². The zero-order valence-corrected chi connectivity index (χ0v) is 14.1. The van der Waals surface area contributed by atoms with E-state index >= 15 is 0 Å². The van der Waals surface area contributed by atoms with Gasteiger partial charge in [0.25, 0.3) is 5.56 Å². The normalized spacial score (nSPS) is 19.9. The van der Waals surface area contributed by atoms with E-state index in [1.165, 1.54) is 4.90 Å². The summed E-state index contributed by atoms with van der Waals surface area (Å²) in [6.07, 6.45) is 1.39. The van der Waals surface area contributed by atoms with Gasteiger partial charge in [0.15, 0.2) is 9.84 Å². The molecule has 128 valence electrons. The summed E-state index contributed by atoms with van der Waals surface area (Å²) >= 11 is 0. The molecule has 1 amide bonds. The minimum atomic E-state index is -3.12. The van der Waals surface area contributed by atoms with E-state index in [0.717, 1.165) is 22.9 Å². The first-order valence-corrected chi connectivity index (χ1v) is 9.36. The Kier molecular flexibility index (Phi) is 5.23. The lowest BCUT2D eigenvalue weighted by atomic mass is 10.1. The van der Waals surface area contributed by atoms with Gasteiger partial charge in [-0.3, -0.25) is 9.59 Å². The van der Waals surface area contributed by atoms with Crippen LogP contribution in [-0.2, 0) is 21.2 Å². The molecule has 8 heteroatoms. The van der Waals surface area contributed by atoms with Gasteiger partial charge >= 0.3 is 0 Å². The van der Waals surface area contributed by atoms with Crippen molar-refractivity contribution in [3.8, 4) is 0 Å². The molecule has 0 saturated carbocycles. The molecule has 2 heterocycles. The van der Waals surface area contributed by atoms with Crippen molar-refractivity contribution in [1.29, 1.82) is 0 Å². The average Bonchev–Trinajstić information content (AvgIpc) is 2.80. The molecule has 1 aromatic heterocycles. The summed E-state index contributed by atoms with van der Waals surface area (Å²) in [5, 5.41) is 0. The molecule has 0 spiro atoms. The molecule has 1 saturated heterocycles. The lowest BCUT2D eigenvalue weighted by Crippen LogP contribution is -2.45. The van der Waals surface area contributed by atoms with Gasteiger partial charge < -0.3 is 9.47 Å². The van der Waals surface area contributed by atoms with Crippen molar-refractivity contribution in [2.24, 2.45) is 5.92 Å². The van der Waals surface area contributed by atoms with Gasteiger partial charge in [-0.15, -0.1) is 0 Å². The minimum absolute atomic E-state index is 0.0521. The van der Waals surface area contributed by atoms with Crippen molar-refractivity contribution >= 4 is 15.7 Å². The Morgan fingerprint density at radius 1 is 1.43 bits per heavy atom. The quantitative estimate of drug-likeness (QED) is 0.786. The molecule has 1 atom stereocenters. The number of hydrogen-bond acceptors (Lipinski definition) is 4. The lowest BCUT2D eigenvalue weighted by molar-refractivity contribution is -0.134. The molecule has 1 aromatic rings. The van der Waals surface area contributed by atoms with Gasteiger partial charge in [0, 0.05) is 24.8 Å². The third-order valence-corrected chi connectivity index (χ3v) is 5.53. The van der Waals surface area contributed by atoms with Gasteiger partial charge in [0.2, 0.25) is 5.91 Å². The summed E-state index contributed by atoms with van der Waals surface area (Å²) in [6.45, 7) is 3.97. The van der Waals surface area contributed by atoms with E-state index in [0.29, 0.717) is 13.0 Å². The number of carbonyl (C=O) groups is 1. The maximum absolute atomic E-state index is 13.2. The van der Waals surface area contributed by atoms with Crippen LogP contribution >= 0.6 is 0 Å². The first-order valence-electron chi connectivity index (χ1n) is 7.54. The van der Waals surface area contributed by atoms with Gasteiger partial charge in [-0.05, 0) is 18.4 Å². The highest BCUT2D eigenvalue weighted by molar-refractivity contribution is 7.91. The van der Waals surface area contributed by atoms with Crippen LogP contribution in [0.3, 0.4) is 0 Å². The van der Waals surface area contributed by atoms with E-state index in [1.807, 2.05) is 13.8 Å². The third kappa shape index (κ3) is 4.63. The predicted molar refractivity (Wildman–Crippen MR) is 84.3 cm³/mol. The molecule has 0 aromatic carbocycles. The molecule has 1 aliphatic rings. The van der Waals surface area contributed by atoms with E-state index in [1.54, 1.807) is 0 Å². The standard InChI is InChI=1S/C15H21FN2O4S/c1-11(2)7-18(13-5-6-23(21,22)10-13)15(20)9-17-8-12(16)3-4-14(17)19/h3-4,8,11,13H,5-7,9-10H2,1-2H3. The Morgan fingerprint density at radius 3 is 2.70 bits per heavy atom. The molecule has 6 nitrogen and oxygen atoms in total. The highest BCUT2D eigenvalue weighted by Crippen LogP contribution is 2.19. The van der Waals surface area contributed by atoms with Crippen LogP contribution in [0.5, 0.6) is 0 Å². The summed E-state index contributed by atoms with van der Waals surface area (Å²) in [5.74, 6) is -0.792. The number of nitrogens with zero attached hydrogens (tertiary/aromatic N) is 2.